The number of para-hydroxylation sites is 1. The van der Waals surface area contributed by atoms with Gasteiger partial charge in [0.15, 0.2) is 6.61 Å². The molecule has 5 heteroatoms. The van der Waals surface area contributed by atoms with Gasteiger partial charge in [0.2, 0.25) is 0 Å². The first kappa shape index (κ1) is 17.0. The Bertz CT molecular complexity index is 433. The fourth-order valence-corrected chi connectivity index (χ4v) is 1.93. The lowest BCUT2D eigenvalue weighted by atomic mass is 10.1. The van der Waals surface area contributed by atoms with Gasteiger partial charge in [0.05, 0.1) is 0 Å². The summed E-state index contributed by atoms with van der Waals surface area (Å²) in [6, 6.07) is 8.11. The third kappa shape index (κ3) is 7.34. The molecule has 0 bridgehead atoms. The van der Waals surface area contributed by atoms with E-state index in [4.69, 9.17) is 9.84 Å². The molecule has 21 heavy (non-hydrogen) atoms. The van der Waals surface area contributed by atoms with Crippen LogP contribution in [0.1, 0.15) is 39.0 Å². The van der Waals surface area contributed by atoms with Gasteiger partial charge in [0.1, 0.15) is 11.8 Å². The Balaban J connectivity index is 2.33. The molecular formula is C16H23NO4. The van der Waals surface area contributed by atoms with E-state index in [-0.39, 0.29) is 6.61 Å². The van der Waals surface area contributed by atoms with Crippen molar-refractivity contribution in [2.75, 3.05) is 6.61 Å². The van der Waals surface area contributed by atoms with Gasteiger partial charge >= 0.3 is 5.97 Å². The molecule has 5 nitrogen and oxygen atoms in total. The fraction of sp³-hybridized carbons (Fsp3) is 0.500. The lowest BCUT2D eigenvalue weighted by Crippen LogP contribution is -2.42. The van der Waals surface area contributed by atoms with Crippen LogP contribution in [-0.4, -0.2) is 29.6 Å². The number of benzene rings is 1. The molecule has 0 fully saturated rings. The van der Waals surface area contributed by atoms with Crippen LogP contribution >= 0.6 is 0 Å². The molecule has 1 aromatic rings. The van der Waals surface area contributed by atoms with E-state index >= 15 is 0 Å². The first-order valence-corrected chi connectivity index (χ1v) is 7.33. The molecule has 0 aromatic heterocycles. The summed E-state index contributed by atoms with van der Waals surface area (Å²) in [5, 5.41) is 11.6. The van der Waals surface area contributed by atoms with E-state index in [1.807, 2.05) is 6.07 Å². The number of carbonyl (C=O) groups excluding carboxylic acids is 1. The minimum absolute atomic E-state index is 0.178. The predicted molar refractivity (Wildman–Crippen MR) is 80.3 cm³/mol. The van der Waals surface area contributed by atoms with Gasteiger partial charge in [-0.1, -0.05) is 50.8 Å². The number of carbonyl (C=O) groups is 2. The Morgan fingerprint density at radius 1 is 1.19 bits per heavy atom. The van der Waals surface area contributed by atoms with Crippen LogP contribution in [0.2, 0.25) is 0 Å². The molecule has 1 aromatic carbocycles. The van der Waals surface area contributed by atoms with Crippen molar-refractivity contribution in [2.45, 2.75) is 45.1 Å². The van der Waals surface area contributed by atoms with Gasteiger partial charge in [-0.3, -0.25) is 4.79 Å². The largest absolute Gasteiger partial charge is 0.484 e. The van der Waals surface area contributed by atoms with Crippen LogP contribution in [0.3, 0.4) is 0 Å². The minimum Gasteiger partial charge on any atom is -0.484 e. The van der Waals surface area contributed by atoms with Crippen molar-refractivity contribution in [3.8, 4) is 5.75 Å². The quantitative estimate of drug-likeness (QED) is 0.650. The third-order valence-electron chi connectivity index (χ3n) is 3.09. The molecule has 0 aliphatic rings. The summed E-state index contributed by atoms with van der Waals surface area (Å²) in [7, 11) is 0. The van der Waals surface area contributed by atoms with Crippen LogP contribution in [-0.2, 0) is 9.59 Å². The van der Waals surface area contributed by atoms with E-state index in [0.717, 1.165) is 25.7 Å². The molecule has 1 atom stereocenters. The van der Waals surface area contributed by atoms with Gasteiger partial charge in [-0.25, -0.2) is 4.79 Å². The van der Waals surface area contributed by atoms with Crippen molar-refractivity contribution in [3.05, 3.63) is 30.3 Å². The number of hydrogen-bond donors (Lipinski definition) is 2. The maximum atomic E-state index is 11.7. The molecule has 1 unspecified atom stereocenters. The highest BCUT2D eigenvalue weighted by Crippen LogP contribution is 2.08. The summed E-state index contributed by atoms with van der Waals surface area (Å²) in [5.74, 6) is -0.830. The maximum Gasteiger partial charge on any atom is 0.326 e. The van der Waals surface area contributed by atoms with Gasteiger partial charge in [0.25, 0.3) is 5.91 Å². The number of hydrogen-bond acceptors (Lipinski definition) is 3. The molecule has 0 saturated heterocycles. The molecule has 0 spiro atoms. The van der Waals surface area contributed by atoms with Crippen LogP contribution in [0.4, 0.5) is 0 Å². The van der Waals surface area contributed by atoms with Crippen molar-refractivity contribution in [3.63, 3.8) is 0 Å². The third-order valence-corrected chi connectivity index (χ3v) is 3.09. The number of carboxylic acid groups (broad SMARTS) is 1. The lowest BCUT2D eigenvalue weighted by molar-refractivity contribution is -0.142. The van der Waals surface area contributed by atoms with Crippen LogP contribution < -0.4 is 10.1 Å². The first-order chi connectivity index (χ1) is 10.1. The fourth-order valence-electron chi connectivity index (χ4n) is 1.93. The Kier molecular flexibility index (Phi) is 7.94. The summed E-state index contributed by atoms with van der Waals surface area (Å²) >= 11 is 0. The average Bonchev–Trinajstić information content (AvgIpc) is 2.49. The molecule has 0 aliphatic heterocycles. The topological polar surface area (TPSA) is 75.6 Å². The Morgan fingerprint density at radius 2 is 1.90 bits per heavy atom. The number of rotatable bonds is 10. The van der Waals surface area contributed by atoms with E-state index in [1.165, 1.54) is 0 Å². The minimum atomic E-state index is -1.00. The SMILES string of the molecule is CCCCCCC(NC(=O)COc1ccccc1)C(=O)O. The Hall–Kier alpha value is -2.04. The zero-order chi connectivity index (χ0) is 15.5. The van der Waals surface area contributed by atoms with Crippen LogP contribution in [0.5, 0.6) is 5.75 Å². The summed E-state index contributed by atoms with van der Waals surface area (Å²) in [6.07, 6.45) is 4.40. The molecule has 0 heterocycles. The standard InChI is InChI=1S/C16H23NO4/c1-2-3-4-8-11-14(16(19)20)17-15(18)12-21-13-9-6-5-7-10-13/h5-7,9-10,14H,2-4,8,11-12H2,1H3,(H,17,18)(H,19,20). The molecule has 0 aliphatic carbocycles. The van der Waals surface area contributed by atoms with Gasteiger partial charge in [0, 0.05) is 0 Å². The van der Waals surface area contributed by atoms with Crippen molar-refractivity contribution in [2.24, 2.45) is 0 Å². The van der Waals surface area contributed by atoms with Crippen molar-refractivity contribution >= 4 is 11.9 Å². The second kappa shape index (κ2) is 9.80. The second-order valence-electron chi connectivity index (χ2n) is 4.91. The van der Waals surface area contributed by atoms with E-state index in [0.29, 0.717) is 12.2 Å². The van der Waals surface area contributed by atoms with Gasteiger partial charge in [-0.05, 0) is 18.6 Å². The molecule has 1 rings (SSSR count). The number of ether oxygens (including phenoxy) is 1. The van der Waals surface area contributed by atoms with E-state index < -0.39 is 17.9 Å². The van der Waals surface area contributed by atoms with Gasteiger partial charge in [-0.2, -0.15) is 0 Å². The normalized spacial score (nSPS) is 11.7. The molecule has 1 amide bonds. The Morgan fingerprint density at radius 3 is 2.52 bits per heavy atom. The zero-order valence-corrected chi connectivity index (χ0v) is 12.4. The first-order valence-electron chi connectivity index (χ1n) is 7.33. The number of amides is 1. The molecule has 116 valence electrons. The maximum absolute atomic E-state index is 11.7. The molecule has 0 saturated carbocycles. The highest BCUT2D eigenvalue weighted by atomic mass is 16.5. The molecule has 2 N–H and O–H groups in total. The highest BCUT2D eigenvalue weighted by molar-refractivity contribution is 5.84. The number of carboxylic acids is 1. The number of unbranched alkanes of at least 4 members (excludes halogenated alkanes) is 3. The van der Waals surface area contributed by atoms with Crippen LogP contribution in [0.15, 0.2) is 30.3 Å². The van der Waals surface area contributed by atoms with Crippen molar-refractivity contribution in [1.82, 2.24) is 5.32 Å². The van der Waals surface area contributed by atoms with E-state index in [1.54, 1.807) is 24.3 Å². The predicted octanol–water partition coefficient (Wildman–Crippen LogP) is 2.61. The smallest absolute Gasteiger partial charge is 0.326 e. The van der Waals surface area contributed by atoms with Crippen LogP contribution in [0.25, 0.3) is 0 Å². The van der Waals surface area contributed by atoms with Crippen LogP contribution in [0, 0.1) is 0 Å². The average molecular weight is 293 g/mol. The zero-order valence-electron chi connectivity index (χ0n) is 12.4. The highest BCUT2D eigenvalue weighted by Gasteiger charge is 2.19. The Labute approximate surface area is 125 Å². The lowest BCUT2D eigenvalue weighted by Gasteiger charge is -2.14. The van der Waals surface area contributed by atoms with E-state index in [9.17, 15) is 9.59 Å². The molecule has 0 radical (unpaired) electrons. The second-order valence-corrected chi connectivity index (χ2v) is 4.91. The summed E-state index contributed by atoms with van der Waals surface area (Å²) in [6.45, 7) is 1.92. The van der Waals surface area contributed by atoms with Crippen molar-refractivity contribution in [1.29, 1.82) is 0 Å². The molecular weight excluding hydrogens is 270 g/mol. The van der Waals surface area contributed by atoms with Crippen molar-refractivity contribution < 1.29 is 19.4 Å². The number of aliphatic carboxylic acids is 1. The summed E-state index contributed by atoms with van der Waals surface area (Å²) in [5.41, 5.74) is 0. The van der Waals surface area contributed by atoms with Gasteiger partial charge in [-0.15, -0.1) is 0 Å². The summed E-state index contributed by atoms with van der Waals surface area (Å²) < 4.78 is 5.29. The monoisotopic (exact) mass is 293 g/mol. The number of nitrogens with one attached hydrogen (secondary N) is 1. The van der Waals surface area contributed by atoms with Gasteiger partial charge < -0.3 is 15.2 Å². The summed E-state index contributed by atoms with van der Waals surface area (Å²) in [4.78, 5) is 22.8. The van der Waals surface area contributed by atoms with E-state index in [2.05, 4.69) is 12.2 Å².